The first-order valence-electron chi connectivity index (χ1n) is 11.4. The molecule has 1 saturated carbocycles. The third-order valence-corrected chi connectivity index (χ3v) is 7.25. The highest BCUT2D eigenvalue weighted by molar-refractivity contribution is 6.18. The van der Waals surface area contributed by atoms with Gasteiger partial charge in [0.25, 0.3) is 0 Å². The number of benzene rings is 1. The van der Waals surface area contributed by atoms with Gasteiger partial charge in [-0.15, -0.1) is 11.6 Å². The molecule has 1 aliphatic heterocycles. The fourth-order valence-electron chi connectivity index (χ4n) is 4.92. The number of allylic oxidation sites excluding steroid dienone is 1. The molecule has 1 aromatic carbocycles. The van der Waals surface area contributed by atoms with Crippen molar-refractivity contribution in [3.05, 3.63) is 35.9 Å². The van der Waals surface area contributed by atoms with Crippen LogP contribution in [0.2, 0.25) is 0 Å². The van der Waals surface area contributed by atoms with Crippen LogP contribution in [0.15, 0.2) is 35.9 Å². The quantitative estimate of drug-likeness (QED) is 0.226. The van der Waals surface area contributed by atoms with Crippen LogP contribution in [0.1, 0.15) is 40.0 Å². The number of carbonyl (C=O) groups excluding carboxylic acids is 1. The Kier molecular flexibility index (Phi) is 8.32. The van der Waals surface area contributed by atoms with E-state index in [1.54, 1.807) is 14.2 Å². The molecule has 0 radical (unpaired) electrons. The number of hydrogen-bond donors (Lipinski definition) is 2. The molecule has 6 atom stereocenters. The predicted octanol–water partition coefficient (Wildman–Crippen LogP) is 3.93. The Labute approximate surface area is 201 Å². The number of anilines is 1. The minimum Gasteiger partial charge on any atom is -0.497 e. The van der Waals surface area contributed by atoms with Crippen molar-refractivity contribution in [2.45, 2.75) is 69.5 Å². The molecular weight excluding hydrogens is 446 g/mol. The van der Waals surface area contributed by atoms with Gasteiger partial charge in [-0.05, 0) is 64.3 Å². The van der Waals surface area contributed by atoms with E-state index < -0.39 is 35.3 Å². The summed E-state index contributed by atoms with van der Waals surface area (Å²) >= 11 is 6.24. The third-order valence-electron chi connectivity index (χ3n) is 6.78. The Hall–Kier alpha value is -1.80. The third kappa shape index (κ3) is 5.83. The van der Waals surface area contributed by atoms with E-state index in [2.05, 4.69) is 11.4 Å². The smallest absolute Gasteiger partial charge is 0.325 e. The Bertz CT molecular complexity index is 842. The first-order chi connectivity index (χ1) is 15.7. The summed E-state index contributed by atoms with van der Waals surface area (Å²) in [4.78, 5) is 12.6. The molecule has 0 aromatic heterocycles. The molecule has 184 valence electrons. The minimum absolute atomic E-state index is 0.0146. The average Bonchev–Trinajstić information content (AvgIpc) is 3.47. The number of halogens is 1. The molecule has 2 N–H and O–H groups in total. The number of alkyl halides is 1. The lowest BCUT2D eigenvalue weighted by Crippen LogP contribution is -2.61. The lowest BCUT2D eigenvalue weighted by molar-refractivity contribution is -0.191. The summed E-state index contributed by atoms with van der Waals surface area (Å²) in [6.07, 6.45) is 2.66. The Morgan fingerprint density at radius 2 is 2.00 bits per heavy atom. The number of ether oxygens (including phenoxy) is 4. The van der Waals surface area contributed by atoms with E-state index in [0.29, 0.717) is 12.8 Å². The van der Waals surface area contributed by atoms with Gasteiger partial charge in [0, 0.05) is 12.8 Å². The zero-order valence-corrected chi connectivity index (χ0v) is 20.9. The van der Waals surface area contributed by atoms with Gasteiger partial charge in [0.05, 0.1) is 30.6 Å². The zero-order valence-electron chi connectivity index (χ0n) is 20.1. The van der Waals surface area contributed by atoms with E-state index in [9.17, 15) is 9.90 Å². The van der Waals surface area contributed by atoms with Crippen molar-refractivity contribution >= 4 is 23.3 Å². The number of hydrogen-bond acceptors (Lipinski definition) is 7. The normalized spacial score (nSPS) is 33.2. The maximum Gasteiger partial charge on any atom is 0.325 e. The van der Waals surface area contributed by atoms with Crippen molar-refractivity contribution < 1.29 is 28.8 Å². The highest BCUT2D eigenvalue weighted by Gasteiger charge is 2.67. The van der Waals surface area contributed by atoms with E-state index in [1.165, 1.54) is 5.57 Å². The molecule has 0 amide bonds. The Morgan fingerprint density at radius 3 is 2.58 bits per heavy atom. The summed E-state index contributed by atoms with van der Waals surface area (Å²) in [5, 5.41) is 14.4. The first-order valence-corrected chi connectivity index (χ1v) is 11.9. The molecule has 8 heteroatoms. The van der Waals surface area contributed by atoms with Crippen LogP contribution in [0.25, 0.3) is 0 Å². The van der Waals surface area contributed by atoms with E-state index >= 15 is 0 Å². The van der Waals surface area contributed by atoms with E-state index in [-0.39, 0.29) is 18.5 Å². The van der Waals surface area contributed by atoms with Crippen LogP contribution in [0.3, 0.4) is 0 Å². The molecule has 0 spiro atoms. The van der Waals surface area contributed by atoms with Crippen molar-refractivity contribution in [3.63, 3.8) is 0 Å². The number of rotatable bonds is 10. The number of aliphatic hydroxyl groups is 1. The summed E-state index contributed by atoms with van der Waals surface area (Å²) in [6.45, 7) is 6.09. The number of nitrogens with one attached hydrogen (secondary N) is 1. The average molecular weight is 482 g/mol. The number of epoxide rings is 1. The second-order valence-corrected chi connectivity index (χ2v) is 9.64. The summed E-state index contributed by atoms with van der Waals surface area (Å²) < 4.78 is 22.9. The van der Waals surface area contributed by atoms with E-state index in [4.69, 9.17) is 30.5 Å². The van der Waals surface area contributed by atoms with Gasteiger partial charge in [-0.25, -0.2) is 0 Å². The van der Waals surface area contributed by atoms with Crippen molar-refractivity contribution in [2.75, 3.05) is 32.0 Å². The molecule has 1 aliphatic carbocycles. The number of carbonyl (C=O) groups is 1. The van der Waals surface area contributed by atoms with Crippen molar-refractivity contribution in [2.24, 2.45) is 5.92 Å². The molecular formula is C25H36ClNO6. The number of esters is 1. The second kappa shape index (κ2) is 10.6. The minimum atomic E-state index is -1.17. The molecule has 0 unspecified atom stereocenters. The van der Waals surface area contributed by atoms with Crippen LogP contribution in [0.4, 0.5) is 5.69 Å². The molecule has 3 rings (SSSR count). The lowest BCUT2D eigenvalue weighted by Gasteiger charge is -2.48. The van der Waals surface area contributed by atoms with Crippen LogP contribution < -0.4 is 10.1 Å². The molecule has 1 saturated heterocycles. The fourth-order valence-corrected chi connectivity index (χ4v) is 5.22. The first kappa shape index (κ1) is 25.8. The lowest BCUT2D eigenvalue weighted by atomic mass is 9.66. The summed E-state index contributed by atoms with van der Waals surface area (Å²) in [5.41, 5.74) is 0.225. The van der Waals surface area contributed by atoms with Crippen molar-refractivity contribution in [3.8, 4) is 5.75 Å². The van der Waals surface area contributed by atoms with Crippen LogP contribution in [-0.2, 0) is 19.0 Å². The second-order valence-electron chi connectivity index (χ2n) is 9.37. The largest absolute Gasteiger partial charge is 0.497 e. The van der Waals surface area contributed by atoms with Crippen LogP contribution >= 0.6 is 11.6 Å². The molecule has 2 fully saturated rings. The van der Waals surface area contributed by atoms with Gasteiger partial charge in [-0.1, -0.05) is 11.6 Å². The highest BCUT2D eigenvalue weighted by atomic mass is 35.5. The topological polar surface area (TPSA) is 89.6 Å². The Balaban J connectivity index is 1.67. The summed E-state index contributed by atoms with van der Waals surface area (Å²) in [5.74, 6) is -0.0178. The molecule has 7 nitrogen and oxygen atoms in total. The summed E-state index contributed by atoms with van der Waals surface area (Å²) in [7, 11) is 3.18. The van der Waals surface area contributed by atoms with Gasteiger partial charge < -0.3 is 29.4 Å². The van der Waals surface area contributed by atoms with Gasteiger partial charge >= 0.3 is 5.97 Å². The zero-order chi connectivity index (χ0) is 24.2. The maximum absolute atomic E-state index is 12.6. The van der Waals surface area contributed by atoms with Gasteiger partial charge in [-0.3, -0.25) is 4.79 Å². The van der Waals surface area contributed by atoms with E-state index in [0.717, 1.165) is 17.9 Å². The highest BCUT2D eigenvalue weighted by Crippen LogP contribution is 2.54. The fraction of sp³-hybridized carbons (Fsp3) is 0.640. The van der Waals surface area contributed by atoms with Gasteiger partial charge in [0.2, 0.25) is 0 Å². The standard InChI is InChI=1S/C25H36ClNO6/c1-16(2)6-11-20-24(3,33-20)23-22(31-5)19(12-13-25(23,29)15-26)32-21(28)14-27-17-7-9-18(30-4)10-8-17/h6-10,19-20,22-23,27,29H,11-15H2,1-5H3/t19-,20-,22-,23-,24-,25+/m1/s1. The van der Waals surface area contributed by atoms with Gasteiger partial charge in [0.15, 0.2) is 0 Å². The Morgan fingerprint density at radius 1 is 1.30 bits per heavy atom. The molecule has 33 heavy (non-hydrogen) atoms. The monoisotopic (exact) mass is 481 g/mol. The van der Waals surface area contributed by atoms with Gasteiger partial charge in [0.1, 0.15) is 30.1 Å². The summed E-state index contributed by atoms with van der Waals surface area (Å²) in [6, 6.07) is 7.29. The van der Waals surface area contributed by atoms with Gasteiger partial charge in [-0.2, -0.15) is 0 Å². The van der Waals surface area contributed by atoms with Crippen molar-refractivity contribution in [1.82, 2.24) is 0 Å². The van der Waals surface area contributed by atoms with E-state index in [1.807, 2.05) is 45.0 Å². The van der Waals surface area contributed by atoms with Crippen molar-refractivity contribution in [1.29, 1.82) is 0 Å². The maximum atomic E-state index is 12.6. The van der Waals surface area contributed by atoms with Crippen LogP contribution in [0, 0.1) is 5.92 Å². The SMILES string of the molecule is COc1ccc(NCC(=O)O[C@@H]2CC[C@](O)(CCl)[C@@H]([C@]3(C)O[C@@H]3CC=C(C)C)[C@@H]2OC)cc1. The molecule has 1 heterocycles. The van der Waals surface area contributed by atoms with Crippen LogP contribution in [-0.4, -0.2) is 67.2 Å². The molecule has 0 bridgehead atoms. The molecule has 1 aromatic rings. The van der Waals surface area contributed by atoms with Crippen LogP contribution in [0.5, 0.6) is 5.75 Å². The predicted molar refractivity (Wildman–Crippen MR) is 128 cm³/mol. The molecule has 2 aliphatic rings. The number of methoxy groups -OCH3 is 2.